The van der Waals surface area contributed by atoms with Crippen molar-refractivity contribution in [3.8, 4) is 11.5 Å². The highest BCUT2D eigenvalue weighted by molar-refractivity contribution is 5.74. The van der Waals surface area contributed by atoms with Crippen molar-refractivity contribution in [3.05, 3.63) is 23.8 Å². The molecule has 0 radical (unpaired) electrons. The number of carbonyl (C=O) groups is 3. The van der Waals surface area contributed by atoms with E-state index in [1.54, 1.807) is 6.07 Å². The minimum Gasteiger partial charge on any atom is -0.423 e. The van der Waals surface area contributed by atoms with E-state index in [1.807, 2.05) is 0 Å². The topological polar surface area (TPSA) is 100 Å². The van der Waals surface area contributed by atoms with Crippen LogP contribution in [0.3, 0.4) is 0 Å². The summed E-state index contributed by atoms with van der Waals surface area (Å²) in [6.45, 7) is 3.67. The van der Waals surface area contributed by atoms with Crippen LogP contribution < -0.4 is 9.47 Å². The van der Waals surface area contributed by atoms with Crippen molar-refractivity contribution < 1.29 is 33.4 Å². The molecule has 0 aliphatic heterocycles. The zero-order chi connectivity index (χ0) is 17.4. The van der Waals surface area contributed by atoms with Gasteiger partial charge < -0.3 is 19.0 Å². The number of nitrogens with zero attached hydrogens (tertiary/aromatic N) is 1. The van der Waals surface area contributed by atoms with E-state index in [-0.39, 0.29) is 11.5 Å². The summed E-state index contributed by atoms with van der Waals surface area (Å²) in [4.78, 5) is 37.4. The first-order valence-electron chi connectivity index (χ1n) is 6.58. The Morgan fingerprint density at radius 1 is 1.00 bits per heavy atom. The fourth-order valence-electron chi connectivity index (χ4n) is 1.62. The average Bonchev–Trinajstić information content (AvgIpc) is 2.44. The Morgan fingerprint density at radius 2 is 1.61 bits per heavy atom. The lowest BCUT2D eigenvalue weighted by molar-refractivity contribution is -0.141. The van der Waals surface area contributed by atoms with Gasteiger partial charge in [-0.25, -0.2) is 4.79 Å². The lowest BCUT2D eigenvalue weighted by Crippen LogP contribution is -2.09. The van der Waals surface area contributed by atoms with Gasteiger partial charge >= 0.3 is 17.9 Å². The molecule has 1 unspecified atom stereocenters. The van der Waals surface area contributed by atoms with Crippen LogP contribution in [0.25, 0.3) is 0 Å². The van der Waals surface area contributed by atoms with Crippen LogP contribution in [0.1, 0.15) is 32.4 Å². The fraction of sp³-hybridized carbons (Fsp3) is 0.333. The van der Waals surface area contributed by atoms with Crippen LogP contribution in [-0.2, 0) is 24.0 Å². The van der Waals surface area contributed by atoms with Crippen LogP contribution in [0.5, 0.6) is 11.5 Å². The molecule has 0 bridgehead atoms. The third-order valence-electron chi connectivity index (χ3n) is 2.44. The number of benzene rings is 1. The fourth-order valence-corrected chi connectivity index (χ4v) is 1.62. The minimum absolute atomic E-state index is 0.0631. The Bertz CT molecular complexity index is 624. The van der Waals surface area contributed by atoms with Crippen LogP contribution in [0, 0.1) is 0 Å². The molecule has 0 amide bonds. The molecule has 0 heterocycles. The van der Waals surface area contributed by atoms with Gasteiger partial charge in [0.1, 0.15) is 6.10 Å². The Kier molecular flexibility index (Phi) is 6.88. The van der Waals surface area contributed by atoms with Gasteiger partial charge in [-0.2, -0.15) is 0 Å². The lowest BCUT2D eigenvalue weighted by atomic mass is 10.1. The molecule has 0 aromatic heterocycles. The first-order chi connectivity index (χ1) is 10.8. The summed E-state index contributed by atoms with van der Waals surface area (Å²) in [6.07, 6.45) is 0.606. The predicted molar refractivity (Wildman–Crippen MR) is 79.1 cm³/mol. The molecule has 0 fully saturated rings. The summed E-state index contributed by atoms with van der Waals surface area (Å²) in [6, 6.07) is 4.52. The second kappa shape index (κ2) is 8.64. The van der Waals surface area contributed by atoms with E-state index >= 15 is 0 Å². The molecular weight excluding hydrogens is 306 g/mol. The molecule has 0 saturated carbocycles. The van der Waals surface area contributed by atoms with Crippen molar-refractivity contribution in [3.63, 3.8) is 0 Å². The highest BCUT2D eigenvalue weighted by Gasteiger charge is 2.15. The van der Waals surface area contributed by atoms with E-state index in [2.05, 4.69) is 9.99 Å². The number of methoxy groups -OCH3 is 1. The first-order valence-corrected chi connectivity index (χ1v) is 6.58. The van der Waals surface area contributed by atoms with Crippen LogP contribution in [0.4, 0.5) is 0 Å². The van der Waals surface area contributed by atoms with Crippen molar-refractivity contribution in [2.24, 2.45) is 5.16 Å². The van der Waals surface area contributed by atoms with E-state index in [1.165, 1.54) is 46.2 Å². The van der Waals surface area contributed by atoms with Gasteiger partial charge in [0.2, 0.25) is 0 Å². The Balaban J connectivity index is 3.10. The second-order valence-corrected chi connectivity index (χ2v) is 4.39. The highest BCUT2D eigenvalue weighted by atomic mass is 16.7. The van der Waals surface area contributed by atoms with Gasteiger partial charge in [-0.3, -0.25) is 9.59 Å². The Morgan fingerprint density at radius 3 is 2.13 bits per heavy atom. The van der Waals surface area contributed by atoms with Crippen LogP contribution in [-0.4, -0.2) is 31.2 Å². The van der Waals surface area contributed by atoms with Gasteiger partial charge in [0.15, 0.2) is 11.5 Å². The number of esters is 2. The minimum atomic E-state index is -0.657. The lowest BCUT2D eigenvalue weighted by Gasteiger charge is -2.14. The molecular formula is C15H17NO7. The van der Waals surface area contributed by atoms with Crippen molar-refractivity contribution >= 4 is 24.1 Å². The third kappa shape index (κ3) is 6.27. The molecule has 0 saturated heterocycles. The highest BCUT2D eigenvalue weighted by Crippen LogP contribution is 2.31. The molecule has 1 atom stereocenters. The van der Waals surface area contributed by atoms with Crippen LogP contribution in [0.15, 0.2) is 23.4 Å². The number of oxime groups is 1. The van der Waals surface area contributed by atoms with Crippen molar-refractivity contribution in [1.82, 2.24) is 0 Å². The summed E-state index contributed by atoms with van der Waals surface area (Å²) < 4.78 is 15.2. The van der Waals surface area contributed by atoms with Gasteiger partial charge in [-0.1, -0.05) is 11.2 Å². The van der Waals surface area contributed by atoms with Crippen molar-refractivity contribution in [2.45, 2.75) is 26.9 Å². The van der Waals surface area contributed by atoms with E-state index in [4.69, 9.17) is 14.2 Å². The predicted octanol–water partition coefficient (Wildman–Crippen LogP) is 1.77. The SMILES string of the molecule is COC(/C=N/OC(C)=O)c1ccc(OC(C)=O)c(OC(C)=O)c1. The maximum atomic E-state index is 11.2. The van der Waals surface area contributed by atoms with E-state index in [0.29, 0.717) is 5.56 Å². The second-order valence-electron chi connectivity index (χ2n) is 4.39. The smallest absolute Gasteiger partial charge is 0.331 e. The molecule has 1 rings (SSSR count). The maximum Gasteiger partial charge on any atom is 0.331 e. The molecule has 8 nitrogen and oxygen atoms in total. The number of hydrogen-bond donors (Lipinski definition) is 0. The molecule has 0 spiro atoms. The molecule has 124 valence electrons. The molecule has 0 aliphatic carbocycles. The van der Waals surface area contributed by atoms with Gasteiger partial charge in [-0.05, 0) is 17.7 Å². The number of hydrogen-bond acceptors (Lipinski definition) is 8. The largest absolute Gasteiger partial charge is 0.423 e. The Hall–Kier alpha value is -2.74. The first kappa shape index (κ1) is 18.3. The van der Waals surface area contributed by atoms with Gasteiger partial charge in [0.25, 0.3) is 0 Å². The standard InChI is InChI=1S/C15H17NO7/c1-9(17)21-13-6-5-12(7-14(13)22-10(2)18)15(20-4)8-16-23-11(3)19/h5-8,15H,1-4H3/b16-8+. The average molecular weight is 323 g/mol. The van der Waals surface area contributed by atoms with E-state index in [9.17, 15) is 14.4 Å². The summed E-state index contributed by atoms with van der Waals surface area (Å²) in [7, 11) is 1.43. The normalized spacial score (nSPS) is 11.8. The zero-order valence-electron chi connectivity index (χ0n) is 13.2. The molecule has 0 N–H and O–H groups in total. The van der Waals surface area contributed by atoms with Crippen LogP contribution in [0.2, 0.25) is 0 Å². The number of ether oxygens (including phenoxy) is 3. The summed E-state index contributed by atoms with van der Waals surface area (Å²) >= 11 is 0. The summed E-state index contributed by atoms with van der Waals surface area (Å²) in [5.41, 5.74) is 0.551. The van der Waals surface area contributed by atoms with E-state index in [0.717, 1.165) is 0 Å². The third-order valence-corrected chi connectivity index (χ3v) is 2.44. The number of rotatable bonds is 6. The van der Waals surface area contributed by atoms with E-state index < -0.39 is 24.0 Å². The maximum absolute atomic E-state index is 11.2. The molecule has 0 aliphatic rings. The summed E-state index contributed by atoms with van der Waals surface area (Å²) in [5, 5.41) is 3.49. The van der Waals surface area contributed by atoms with Crippen LogP contribution >= 0.6 is 0 Å². The van der Waals surface area contributed by atoms with Crippen molar-refractivity contribution in [2.75, 3.05) is 7.11 Å². The molecule has 8 heteroatoms. The van der Waals surface area contributed by atoms with Crippen molar-refractivity contribution in [1.29, 1.82) is 0 Å². The molecule has 1 aromatic carbocycles. The van der Waals surface area contributed by atoms with Gasteiger partial charge in [0.05, 0.1) is 6.21 Å². The monoisotopic (exact) mass is 323 g/mol. The quantitative estimate of drug-likeness (QED) is 0.258. The summed E-state index contributed by atoms with van der Waals surface area (Å²) in [5.74, 6) is -1.53. The molecule has 23 heavy (non-hydrogen) atoms. The zero-order valence-corrected chi connectivity index (χ0v) is 13.2. The Labute approximate surface area is 133 Å². The van der Waals surface area contributed by atoms with Gasteiger partial charge in [0, 0.05) is 27.9 Å². The van der Waals surface area contributed by atoms with Gasteiger partial charge in [-0.15, -0.1) is 0 Å². The molecule has 1 aromatic rings. The number of carbonyl (C=O) groups excluding carboxylic acids is 3.